The fourth-order valence-electron chi connectivity index (χ4n) is 2.54. The van der Waals surface area contributed by atoms with E-state index in [1.165, 1.54) is 24.3 Å². The van der Waals surface area contributed by atoms with Gasteiger partial charge in [0.2, 0.25) is 0 Å². The van der Waals surface area contributed by atoms with Crippen molar-refractivity contribution in [1.82, 2.24) is 9.78 Å². The molecule has 0 bridgehead atoms. The quantitative estimate of drug-likeness (QED) is 0.892. The van der Waals surface area contributed by atoms with Crippen molar-refractivity contribution >= 4 is 11.8 Å². The molecular weight excluding hydrogens is 244 g/mol. The molecular formula is C14H24N2OS. The Kier molecular flexibility index (Phi) is 5.13. The molecule has 0 aliphatic carbocycles. The van der Waals surface area contributed by atoms with Crippen LogP contribution in [0, 0.1) is 0 Å². The van der Waals surface area contributed by atoms with E-state index in [9.17, 15) is 5.11 Å². The van der Waals surface area contributed by atoms with Gasteiger partial charge in [-0.15, -0.1) is 0 Å². The molecule has 3 nitrogen and oxygen atoms in total. The van der Waals surface area contributed by atoms with Crippen LogP contribution in [-0.4, -0.2) is 32.0 Å². The highest BCUT2D eigenvalue weighted by Gasteiger charge is 2.23. The maximum Gasteiger partial charge on any atom is 0.0713 e. The Labute approximate surface area is 114 Å². The third-order valence-corrected chi connectivity index (χ3v) is 5.14. The van der Waals surface area contributed by atoms with Crippen LogP contribution >= 0.6 is 11.8 Å². The molecule has 1 aliphatic heterocycles. The minimum atomic E-state index is -0.220. The van der Waals surface area contributed by atoms with Crippen molar-refractivity contribution in [2.75, 3.05) is 5.75 Å². The molecule has 2 heterocycles. The lowest BCUT2D eigenvalue weighted by molar-refractivity contribution is 0.163. The van der Waals surface area contributed by atoms with Crippen LogP contribution in [0.5, 0.6) is 0 Å². The van der Waals surface area contributed by atoms with Crippen molar-refractivity contribution in [3.63, 3.8) is 0 Å². The van der Waals surface area contributed by atoms with Crippen molar-refractivity contribution in [2.45, 2.75) is 63.9 Å². The highest BCUT2D eigenvalue weighted by atomic mass is 32.2. The van der Waals surface area contributed by atoms with Gasteiger partial charge in [-0.1, -0.05) is 13.3 Å². The first-order chi connectivity index (χ1) is 8.74. The van der Waals surface area contributed by atoms with Crippen LogP contribution in [0.2, 0.25) is 0 Å². The van der Waals surface area contributed by atoms with Gasteiger partial charge in [0.1, 0.15) is 0 Å². The summed E-state index contributed by atoms with van der Waals surface area (Å²) in [6, 6.07) is 2.15. The maximum absolute atomic E-state index is 10.4. The smallest absolute Gasteiger partial charge is 0.0713 e. The van der Waals surface area contributed by atoms with Crippen LogP contribution in [0.25, 0.3) is 0 Å². The number of aliphatic hydroxyl groups excluding tert-OH is 1. The van der Waals surface area contributed by atoms with E-state index >= 15 is 0 Å². The molecule has 0 aromatic carbocycles. The molecule has 1 aliphatic rings. The summed E-state index contributed by atoms with van der Waals surface area (Å²) in [4.78, 5) is 0. The number of nitrogens with zero attached hydrogens (tertiary/aromatic N) is 2. The maximum atomic E-state index is 10.4. The largest absolute Gasteiger partial charge is 0.392 e. The molecule has 1 aromatic rings. The van der Waals surface area contributed by atoms with Gasteiger partial charge in [0, 0.05) is 23.9 Å². The Bertz CT molecular complexity index is 372. The highest BCUT2D eigenvalue weighted by molar-refractivity contribution is 8.00. The second kappa shape index (κ2) is 6.62. The number of aromatic nitrogens is 2. The normalized spacial score (nSPS) is 22.1. The van der Waals surface area contributed by atoms with Crippen molar-refractivity contribution in [3.05, 3.63) is 17.5 Å². The summed E-state index contributed by atoms with van der Waals surface area (Å²) in [6.45, 7) is 5.12. The van der Waals surface area contributed by atoms with E-state index in [0.29, 0.717) is 5.25 Å². The number of rotatable bonds is 5. The van der Waals surface area contributed by atoms with Gasteiger partial charge in [-0.05, 0) is 38.0 Å². The molecule has 1 aromatic heterocycles. The van der Waals surface area contributed by atoms with E-state index < -0.39 is 0 Å². The zero-order chi connectivity index (χ0) is 13.0. The van der Waals surface area contributed by atoms with Crippen molar-refractivity contribution < 1.29 is 5.11 Å². The molecule has 0 amide bonds. The Balaban J connectivity index is 2.00. The van der Waals surface area contributed by atoms with Gasteiger partial charge in [0.05, 0.1) is 11.8 Å². The summed E-state index contributed by atoms with van der Waals surface area (Å²) in [5.41, 5.74) is 2.32. The van der Waals surface area contributed by atoms with Gasteiger partial charge < -0.3 is 5.11 Å². The standard InChI is InChI=1S/C14H24N2OS/c1-3-11-9-12(16(4-2)15-11)10-13(17)14-7-5-6-8-18-14/h9,13-14,17H,3-8,10H2,1-2H3. The first-order valence-corrected chi connectivity index (χ1v) is 8.14. The minimum Gasteiger partial charge on any atom is -0.392 e. The molecule has 0 radical (unpaired) electrons. The predicted octanol–water partition coefficient (Wildman–Crippen LogP) is 2.65. The van der Waals surface area contributed by atoms with Gasteiger partial charge in [0.25, 0.3) is 0 Å². The minimum absolute atomic E-state index is 0.220. The zero-order valence-corrected chi connectivity index (χ0v) is 12.2. The Hall–Kier alpha value is -0.480. The molecule has 4 heteroatoms. The fourth-order valence-corrected chi connectivity index (χ4v) is 3.87. The zero-order valence-electron chi connectivity index (χ0n) is 11.4. The second-order valence-corrected chi connectivity index (χ2v) is 6.32. The predicted molar refractivity (Wildman–Crippen MR) is 77.1 cm³/mol. The summed E-state index contributed by atoms with van der Waals surface area (Å²) in [7, 11) is 0. The number of aryl methyl sites for hydroxylation is 2. The molecule has 1 fully saturated rings. The third-order valence-electron chi connectivity index (χ3n) is 3.64. The van der Waals surface area contributed by atoms with Crippen LogP contribution in [0.3, 0.4) is 0 Å². The van der Waals surface area contributed by atoms with Crippen LogP contribution in [0.15, 0.2) is 6.07 Å². The Morgan fingerprint density at radius 1 is 1.50 bits per heavy atom. The topological polar surface area (TPSA) is 38.0 Å². The van der Waals surface area contributed by atoms with E-state index in [-0.39, 0.29) is 6.10 Å². The van der Waals surface area contributed by atoms with Crippen molar-refractivity contribution in [1.29, 1.82) is 0 Å². The molecule has 0 saturated carbocycles. The van der Waals surface area contributed by atoms with Gasteiger partial charge in [0.15, 0.2) is 0 Å². The lowest BCUT2D eigenvalue weighted by Gasteiger charge is -2.26. The van der Waals surface area contributed by atoms with Crippen LogP contribution < -0.4 is 0 Å². The molecule has 2 rings (SSSR count). The highest BCUT2D eigenvalue weighted by Crippen LogP contribution is 2.29. The lowest BCUT2D eigenvalue weighted by Crippen LogP contribution is -2.28. The van der Waals surface area contributed by atoms with Crippen LogP contribution in [0.4, 0.5) is 0 Å². The molecule has 1 saturated heterocycles. The number of hydrogen-bond acceptors (Lipinski definition) is 3. The summed E-state index contributed by atoms with van der Waals surface area (Å²) in [6.07, 6.45) is 5.23. The summed E-state index contributed by atoms with van der Waals surface area (Å²) in [5, 5.41) is 15.3. The lowest BCUT2D eigenvalue weighted by atomic mass is 10.0. The number of aliphatic hydroxyl groups is 1. The SMILES string of the molecule is CCc1cc(CC(O)C2CCCCS2)n(CC)n1. The monoisotopic (exact) mass is 268 g/mol. The summed E-state index contributed by atoms with van der Waals surface area (Å²) < 4.78 is 2.04. The van der Waals surface area contributed by atoms with E-state index in [0.717, 1.165) is 31.5 Å². The van der Waals surface area contributed by atoms with Gasteiger partial charge in [-0.3, -0.25) is 4.68 Å². The molecule has 102 valence electrons. The number of hydrogen-bond donors (Lipinski definition) is 1. The Morgan fingerprint density at radius 3 is 2.94 bits per heavy atom. The first kappa shape index (κ1) is 13.9. The van der Waals surface area contributed by atoms with Gasteiger partial charge >= 0.3 is 0 Å². The van der Waals surface area contributed by atoms with Crippen molar-refractivity contribution in [2.24, 2.45) is 0 Å². The van der Waals surface area contributed by atoms with Crippen LogP contribution in [-0.2, 0) is 19.4 Å². The van der Waals surface area contributed by atoms with E-state index in [4.69, 9.17) is 0 Å². The van der Waals surface area contributed by atoms with E-state index in [2.05, 4.69) is 25.0 Å². The molecule has 1 N–H and O–H groups in total. The van der Waals surface area contributed by atoms with E-state index in [1.54, 1.807) is 0 Å². The Morgan fingerprint density at radius 2 is 2.33 bits per heavy atom. The van der Waals surface area contributed by atoms with Gasteiger partial charge in [-0.2, -0.15) is 16.9 Å². The summed E-state index contributed by atoms with van der Waals surface area (Å²) >= 11 is 1.94. The third kappa shape index (κ3) is 3.29. The fraction of sp³-hybridized carbons (Fsp3) is 0.786. The molecule has 18 heavy (non-hydrogen) atoms. The van der Waals surface area contributed by atoms with Crippen molar-refractivity contribution in [3.8, 4) is 0 Å². The average Bonchev–Trinajstić information content (AvgIpc) is 2.82. The number of thioether (sulfide) groups is 1. The van der Waals surface area contributed by atoms with Crippen LogP contribution in [0.1, 0.15) is 44.5 Å². The first-order valence-electron chi connectivity index (χ1n) is 7.09. The second-order valence-electron chi connectivity index (χ2n) is 4.97. The average molecular weight is 268 g/mol. The molecule has 2 unspecified atom stereocenters. The molecule has 0 spiro atoms. The van der Waals surface area contributed by atoms with E-state index in [1.807, 2.05) is 16.4 Å². The molecule has 2 atom stereocenters. The van der Waals surface area contributed by atoms with Gasteiger partial charge in [-0.25, -0.2) is 0 Å². The summed E-state index contributed by atoms with van der Waals surface area (Å²) in [5.74, 6) is 1.20.